The number of rotatable bonds is 6. The molecule has 0 aromatic heterocycles. The number of hydrogen-bond donors (Lipinski definition) is 5. The highest BCUT2D eigenvalue weighted by molar-refractivity contribution is 5.88. The Labute approximate surface area is 765 Å². The van der Waals surface area contributed by atoms with Gasteiger partial charge in [-0.25, -0.2) is 0 Å². The first kappa shape index (κ1) is 94.7. The Hall–Kier alpha value is -0.690. The number of ketones is 1. The number of ether oxygens (including phenoxy) is 4. The maximum Gasteiger partial charge on any atom is 0.176 e. The average molecular weight is 1740 g/mol. The van der Waals surface area contributed by atoms with Gasteiger partial charge in [-0.05, 0) is 428 Å². The fraction of sp³-hybridized carbons (Fsp3) is 0.991. The molecule has 2 heterocycles. The number of carbonyl (C=O) groups excluding carboxylic acids is 1. The zero-order valence-electron chi connectivity index (χ0n) is 84.1. The normalized spacial score (nSPS) is 56.1. The van der Waals surface area contributed by atoms with Gasteiger partial charge in [-0.15, -0.1) is 0 Å². The number of aliphatic hydroxyl groups excluding tert-OH is 5. The number of fused-ring (bicyclic) bond motifs is 27. The van der Waals surface area contributed by atoms with E-state index in [0.717, 1.165) is 201 Å². The predicted octanol–water partition coefficient (Wildman–Crippen LogP) is 26.7. The molecule has 2 aliphatic heterocycles. The molecule has 20 saturated carbocycles. The molecule has 44 atom stereocenters. The van der Waals surface area contributed by atoms with Crippen LogP contribution in [0, 0.1) is 226 Å². The highest BCUT2D eigenvalue weighted by Gasteiger charge is 2.74. The molecule has 10 unspecified atom stereocenters. The van der Waals surface area contributed by atoms with E-state index in [-0.39, 0.29) is 46.1 Å². The third-order valence-corrected chi connectivity index (χ3v) is 49.7. The molecule has 2 saturated heterocycles. The van der Waals surface area contributed by atoms with Crippen molar-refractivity contribution >= 4 is 5.78 Å². The summed E-state index contributed by atoms with van der Waals surface area (Å²) in [5.41, 5.74) is 1.88. The van der Waals surface area contributed by atoms with Gasteiger partial charge < -0.3 is 44.5 Å². The molecule has 0 aromatic rings. The zero-order valence-corrected chi connectivity index (χ0v) is 84.1. The molecule has 2 spiro atoms. The summed E-state index contributed by atoms with van der Waals surface area (Å²) in [5.74, 6) is 22.2. The van der Waals surface area contributed by atoms with Crippen LogP contribution >= 0.6 is 0 Å². The molecule has 125 heavy (non-hydrogen) atoms. The third-order valence-electron chi connectivity index (χ3n) is 49.7. The lowest BCUT2D eigenvalue weighted by Gasteiger charge is -2.63. The van der Waals surface area contributed by atoms with Gasteiger partial charge >= 0.3 is 0 Å². The number of aliphatic hydroxyl groups is 5. The molecule has 22 fully saturated rings. The minimum Gasteiger partial charge on any atom is -0.393 e. The lowest BCUT2D eigenvalue weighted by molar-refractivity contribution is -0.343. The molecular weight excluding hydrogens is 1540 g/mol. The van der Waals surface area contributed by atoms with Crippen LogP contribution in [0.15, 0.2) is 0 Å². The van der Waals surface area contributed by atoms with Crippen molar-refractivity contribution in [1.29, 1.82) is 0 Å². The summed E-state index contributed by atoms with van der Waals surface area (Å²) in [5, 5.41) is 56.8. The van der Waals surface area contributed by atoms with E-state index in [2.05, 4.69) is 132 Å². The van der Waals surface area contributed by atoms with Gasteiger partial charge in [-0.2, -0.15) is 0 Å². The molecule has 22 aliphatic rings. The van der Waals surface area contributed by atoms with Crippen molar-refractivity contribution in [2.75, 3.05) is 26.4 Å². The molecule has 0 aromatic carbocycles. The van der Waals surface area contributed by atoms with Crippen LogP contribution in [-0.2, 0) is 23.7 Å². The minimum absolute atomic E-state index is 0.0597. The summed E-state index contributed by atoms with van der Waals surface area (Å²) < 4.78 is 25.0. The summed E-state index contributed by atoms with van der Waals surface area (Å²) in [7, 11) is 0. The fourth-order valence-electron chi connectivity index (χ4n) is 42.1. The molecule has 10 nitrogen and oxygen atoms in total. The summed E-state index contributed by atoms with van der Waals surface area (Å²) in [6.45, 7) is 49.4. The summed E-state index contributed by atoms with van der Waals surface area (Å²) in [6.07, 6.45) is 56.8. The average Bonchev–Trinajstić information content (AvgIpc) is 1.61. The molecule has 5 N–H and O–H groups in total. The summed E-state index contributed by atoms with van der Waals surface area (Å²) in [4.78, 5) is 12.5. The van der Waals surface area contributed by atoms with Crippen LogP contribution in [0.4, 0.5) is 0 Å². The second-order valence-corrected chi connectivity index (χ2v) is 54.2. The minimum atomic E-state index is -0.515. The van der Waals surface area contributed by atoms with Gasteiger partial charge in [0.15, 0.2) is 11.6 Å². The number of Topliss-reactive ketones (excluding diaryl/α,β-unsaturated/α-hetero) is 1. The Morgan fingerprint density at radius 1 is 0.304 bits per heavy atom. The van der Waals surface area contributed by atoms with E-state index < -0.39 is 23.1 Å². The largest absolute Gasteiger partial charge is 0.393 e. The first-order valence-corrected chi connectivity index (χ1v) is 55.8. The molecule has 22 rings (SSSR count). The van der Waals surface area contributed by atoms with E-state index in [1.807, 2.05) is 0 Å². The van der Waals surface area contributed by atoms with Crippen molar-refractivity contribution in [3.8, 4) is 0 Å². The van der Waals surface area contributed by atoms with E-state index in [4.69, 9.17) is 18.9 Å². The van der Waals surface area contributed by atoms with Crippen molar-refractivity contribution < 1.29 is 49.3 Å². The highest BCUT2D eigenvalue weighted by Crippen LogP contribution is 2.76. The van der Waals surface area contributed by atoms with E-state index >= 15 is 0 Å². The van der Waals surface area contributed by atoms with Crippen LogP contribution in [0.2, 0.25) is 0 Å². The number of carbonyl (C=O) groups is 1. The Kier molecular flexibility index (Phi) is 26.6. The maximum absolute atomic E-state index is 12.5. The van der Waals surface area contributed by atoms with Crippen molar-refractivity contribution in [1.82, 2.24) is 0 Å². The maximum atomic E-state index is 12.5. The summed E-state index contributed by atoms with van der Waals surface area (Å²) in [6, 6.07) is 0. The van der Waals surface area contributed by atoms with Gasteiger partial charge in [0, 0.05) is 19.3 Å². The lowest BCUT2D eigenvalue weighted by atomic mass is 9.43. The monoisotopic (exact) mass is 1740 g/mol. The summed E-state index contributed by atoms with van der Waals surface area (Å²) >= 11 is 0. The van der Waals surface area contributed by atoms with E-state index in [0.29, 0.717) is 93.9 Å². The van der Waals surface area contributed by atoms with Gasteiger partial charge in [-0.1, -0.05) is 182 Å². The lowest BCUT2D eigenvalue weighted by Crippen LogP contribution is -2.64. The van der Waals surface area contributed by atoms with E-state index in [9.17, 15) is 30.3 Å². The zero-order chi connectivity index (χ0) is 88.7. The Morgan fingerprint density at radius 2 is 0.592 bits per heavy atom. The molecule has 0 amide bonds. The van der Waals surface area contributed by atoms with Crippen LogP contribution in [0.5, 0.6) is 0 Å². The third kappa shape index (κ3) is 14.8. The van der Waals surface area contributed by atoms with E-state index in [1.54, 1.807) is 0 Å². The van der Waals surface area contributed by atoms with Gasteiger partial charge in [-0.3, -0.25) is 4.79 Å². The van der Waals surface area contributed by atoms with Gasteiger partial charge in [0.05, 0.1) is 73.2 Å². The molecule has 10 heteroatoms. The standard InChI is InChI=1S/2C25H44O.C23H38O3.C22H36O3.C20H32O2/c2*1-6-7-17(3)20-10-11-21-19-9-8-18-14-16(2)12-13-24(18,4)22(19)15-23(26)25(20,21)5;1-15-7-9-21(2)16(13-15)5-6-17-18-8-10-23(25-11-4-12-26-23)22(18,3)20(24)14-19(17)21;1-14-6-8-20(2)15(12-14)4-5-16-17-7-9-22(24-10-11-25-22)21(17,3)19(23)13-18(16)20;1-12-8-9-19(2)13(10-12)4-5-14-15-6-7-17(21)20(15,3)18(22)11-16(14)19/h2*16-23,26H,6-15H2,1-5H3;15-20,24H,4-14H2,1-3H3;14-19,23H,4-13H2,1-3H3;12-16,18,22H,4-11H2,1-3H3/t2*16-,17-,18-,19+,20-,21+,22?,23?,24+,25-;15-,16-,17+,18+,19?,20?,21+,22-;14-,15-,16+,17+,18?,19?,20+,21-;12-,13-,14+,15+,16?,18?,19+,20+/m11111/s1. The first-order valence-electron chi connectivity index (χ1n) is 55.8. The van der Waals surface area contributed by atoms with Crippen molar-refractivity contribution in [2.45, 2.75) is 463 Å². The molecule has 20 aliphatic carbocycles. The fourth-order valence-corrected chi connectivity index (χ4v) is 42.1. The smallest absolute Gasteiger partial charge is 0.176 e. The first-order chi connectivity index (χ1) is 59.3. The van der Waals surface area contributed by atoms with Crippen LogP contribution < -0.4 is 0 Å². The Morgan fingerprint density at radius 3 is 0.912 bits per heavy atom. The van der Waals surface area contributed by atoms with Crippen molar-refractivity contribution in [3.05, 3.63) is 0 Å². The second-order valence-electron chi connectivity index (χ2n) is 54.2. The molecule has 0 bridgehead atoms. The van der Waals surface area contributed by atoms with Gasteiger partial charge in [0.2, 0.25) is 0 Å². The molecular formula is C115H194O10. The second kappa shape index (κ2) is 35.1. The predicted molar refractivity (Wildman–Crippen MR) is 505 cm³/mol. The van der Waals surface area contributed by atoms with Crippen LogP contribution in [0.1, 0.15) is 420 Å². The highest BCUT2D eigenvalue weighted by atomic mass is 16.7. The SMILES string of the molecule is CCC[C@@H](C)[C@H]1CC[C@H]2[C@@H]3CC[C@@H]4C[C@H](C)CC[C@]4(C)C3CC(O)[C@]12C.CCC[C@@H](C)[C@H]1CC[C@H]2[C@@H]3CC[C@@H]4C[C@H](C)CC[C@]4(C)C3CC(O)[C@]12C.C[C@@H]1CC[C@]2(C)C3CC(O)[C@@]4(C)[C@@H](CCC45OCCCO5)[C@@H]3CC[C@@H]2C1.C[C@@H]1CC[C@]2(C)C3CC(O)[C@@]4(C)[C@@H](CCC45OCCO5)[C@@H]3CC[C@@H]2C1.C[C@@H]1CC[C@]2(C)C3CC(O)[C@]4(C)C(=O)CC[C@H]4[C@@H]3CC[C@@H]2C1. The van der Waals surface area contributed by atoms with Crippen LogP contribution in [-0.4, -0.2) is 99.8 Å². The topological polar surface area (TPSA) is 155 Å². The van der Waals surface area contributed by atoms with Gasteiger partial charge in [0.1, 0.15) is 5.78 Å². The molecule has 0 radical (unpaired) electrons. The molecule has 714 valence electrons. The van der Waals surface area contributed by atoms with E-state index in [1.165, 1.54) is 225 Å². The van der Waals surface area contributed by atoms with Gasteiger partial charge in [0.25, 0.3) is 0 Å². The Bertz CT molecular complexity index is 3600. The van der Waals surface area contributed by atoms with Crippen molar-refractivity contribution in [2.24, 2.45) is 226 Å². The number of hydrogen-bond acceptors (Lipinski definition) is 10. The van der Waals surface area contributed by atoms with Crippen LogP contribution in [0.3, 0.4) is 0 Å². The quantitative estimate of drug-likeness (QED) is 0.174. The Balaban J connectivity index is 0.000000106. The van der Waals surface area contributed by atoms with Crippen molar-refractivity contribution in [3.63, 3.8) is 0 Å². The van der Waals surface area contributed by atoms with Crippen LogP contribution in [0.25, 0.3) is 0 Å².